The highest BCUT2D eigenvalue weighted by molar-refractivity contribution is 6.00. The molecule has 1 N–H and O–H groups in total. The van der Waals surface area contributed by atoms with E-state index in [0.717, 1.165) is 105 Å². The molecule has 42 heavy (non-hydrogen) atoms. The van der Waals surface area contributed by atoms with Crippen molar-refractivity contribution >= 4 is 11.5 Å². The minimum absolute atomic E-state index is 0.0712. The number of nitrogens with one attached hydrogen (secondary N) is 1. The molecule has 224 valence electrons. The molecule has 0 aliphatic carbocycles. The van der Waals surface area contributed by atoms with E-state index >= 15 is 0 Å². The fourth-order valence-electron chi connectivity index (χ4n) is 6.46. The second kappa shape index (κ2) is 13.8. The van der Waals surface area contributed by atoms with Crippen LogP contribution in [0.2, 0.25) is 0 Å². The number of aryl methyl sites for hydroxylation is 2. The Balaban J connectivity index is 1.46. The van der Waals surface area contributed by atoms with Crippen molar-refractivity contribution < 1.29 is 14.3 Å². The van der Waals surface area contributed by atoms with E-state index in [4.69, 9.17) is 9.47 Å². The van der Waals surface area contributed by atoms with E-state index in [1.54, 1.807) is 0 Å². The second-order valence-corrected chi connectivity index (χ2v) is 11.7. The lowest BCUT2D eigenvalue weighted by atomic mass is 9.91. The van der Waals surface area contributed by atoms with Crippen molar-refractivity contribution in [2.45, 2.75) is 66.0 Å². The molecule has 0 atom stereocenters. The van der Waals surface area contributed by atoms with Crippen molar-refractivity contribution in [2.75, 3.05) is 51.0 Å². The van der Waals surface area contributed by atoms with Gasteiger partial charge in [0.1, 0.15) is 0 Å². The third-order valence-corrected chi connectivity index (χ3v) is 8.86. The number of anilines is 1. The van der Waals surface area contributed by atoms with E-state index in [1.807, 2.05) is 19.9 Å². The van der Waals surface area contributed by atoms with Gasteiger partial charge in [0, 0.05) is 74.4 Å². The first-order chi connectivity index (χ1) is 20.3. The van der Waals surface area contributed by atoms with Gasteiger partial charge in [-0.1, -0.05) is 24.3 Å². The number of carbonyl (C=O) groups is 1. The summed E-state index contributed by atoms with van der Waals surface area (Å²) in [7, 11) is 0. The van der Waals surface area contributed by atoms with Crippen molar-refractivity contribution in [3.05, 3.63) is 86.3 Å². The van der Waals surface area contributed by atoms with Crippen LogP contribution in [-0.4, -0.2) is 67.8 Å². The Kier molecular flexibility index (Phi) is 9.93. The van der Waals surface area contributed by atoms with Crippen LogP contribution in [0.1, 0.15) is 64.5 Å². The van der Waals surface area contributed by atoms with Crippen molar-refractivity contribution in [3.63, 3.8) is 0 Å². The maximum Gasteiger partial charge on any atom is 0.251 e. The van der Waals surface area contributed by atoms with Gasteiger partial charge in [0.25, 0.3) is 5.56 Å². The molecule has 0 saturated carbocycles. The Morgan fingerprint density at radius 2 is 1.64 bits per heavy atom. The van der Waals surface area contributed by atoms with Gasteiger partial charge >= 0.3 is 0 Å². The predicted molar refractivity (Wildman–Crippen MR) is 169 cm³/mol. The molecule has 0 unspecified atom stereocenters. The fraction of sp³-hybridized carbons (Fsp3) is 0.486. The van der Waals surface area contributed by atoms with Crippen LogP contribution in [0.3, 0.4) is 0 Å². The van der Waals surface area contributed by atoms with Crippen LogP contribution < -0.4 is 10.5 Å². The first-order valence-corrected chi connectivity index (χ1v) is 15.4. The zero-order valence-corrected chi connectivity index (χ0v) is 25.6. The summed E-state index contributed by atoms with van der Waals surface area (Å²) in [6, 6.07) is 15.4. The van der Waals surface area contributed by atoms with Gasteiger partial charge in [-0.25, -0.2) is 0 Å². The molecule has 0 amide bonds. The van der Waals surface area contributed by atoms with E-state index in [-0.39, 0.29) is 11.3 Å². The van der Waals surface area contributed by atoms with Gasteiger partial charge in [-0.2, -0.15) is 0 Å². The number of hydrogen-bond donors (Lipinski definition) is 1. The molecule has 2 aliphatic rings. The summed E-state index contributed by atoms with van der Waals surface area (Å²) < 4.78 is 11.2. The van der Waals surface area contributed by atoms with Crippen LogP contribution in [0.5, 0.6) is 0 Å². The molecule has 7 nitrogen and oxygen atoms in total. The lowest BCUT2D eigenvalue weighted by molar-refractivity contribution is 0.0342. The number of morpholine rings is 1. The summed E-state index contributed by atoms with van der Waals surface area (Å²) in [6.07, 6.45) is 2.67. The van der Waals surface area contributed by atoms with E-state index in [0.29, 0.717) is 24.4 Å². The van der Waals surface area contributed by atoms with Crippen molar-refractivity contribution in [1.29, 1.82) is 0 Å². The van der Waals surface area contributed by atoms with Gasteiger partial charge < -0.3 is 19.4 Å². The molecule has 2 aliphatic heterocycles. The molecular formula is C35H45N3O4. The number of aromatic nitrogens is 1. The maximum atomic E-state index is 13.9. The quantitative estimate of drug-likeness (QED) is 0.319. The first-order valence-electron chi connectivity index (χ1n) is 15.4. The number of aromatic amines is 1. The Morgan fingerprint density at radius 3 is 2.31 bits per heavy atom. The normalized spacial score (nSPS) is 16.5. The van der Waals surface area contributed by atoms with E-state index in [1.165, 1.54) is 5.56 Å². The predicted octanol–water partition coefficient (Wildman–Crippen LogP) is 5.62. The largest absolute Gasteiger partial charge is 0.381 e. The van der Waals surface area contributed by atoms with Crippen molar-refractivity contribution in [2.24, 2.45) is 0 Å². The zero-order valence-electron chi connectivity index (χ0n) is 25.6. The number of carbonyl (C=O) groups excluding carboxylic acids is 1. The molecule has 1 aromatic heterocycles. The number of nitrogens with zero attached hydrogens (tertiary/aromatic N) is 2. The Morgan fingerprint density at radius 1 is 0.952 bits per heavy atom. The van der Waals surface area contributed by atoms with Gasteiger partial charge in [0.2, 0.25) is 0 Å². The summed E-state index contributed by atoms with van der Waals surface area (Å²) in [5.41, 5.74) is 8.66. The number of ether oxygens (including phenoxy) is 2. The van der Waals surface area contributed by atoms with Gasteiger partial charge in [-0.05, 0) is 93.0 Å². The molecule has 0 bridgehead atoms. The monoisotopic (exact) mass is 571 g/mol. The van der Waals surface area contributed by atoms with Crippen LogP contribution >= 0.6 is 0 Å². The second-order valence-electron chi connectivity index (χ2n) is 11.7. The average Bonchev–Trinajstić information content (AvgIpc) is 2.99. The minimum Gasteiger partial charge on any atom is -0.381 e. The maximum absolute atomic E-state index is 13.9. The first kappa shape index (κ1) is 30.2. The highest BCUT2D eigenvalue weighted by Crippen LogP contribution is 2.34. The van der Waals surface area contributed by atoms with Crippen LogP contribution in [0.15, 0.2) is 47.3 Å². The molecule has 2 fully saturated rings. The van der Waals surface area contributed by atoms with Crippen molar-refractivity contribution in [1.82, 2.24) is 9.88 Å². The summed E-state index contributed by atoms with van der Waals surface area (Å²) in [6.45, 7) is 14.9. The molecular weight excluding hydrogens is 526 g/mol. The van der Waals surface area contributed by atoms with Gasteiger partial charge in [-0.15, -0.1) is 0 Å². The highest BCUT2D eigenvalue weighted by Gasteiger charge is 2.25. The summed E-state index contributed by atoms with van der Waals surface area (Å²) in [5, 5.41) is 0. The SMILES string of the molecule is CCN(c1cc(-c2ccc(CN3CCOCC3)cc2)cc(C(=O)CCc2c(C)cc(C)[nH]c2=O)c1C)C1CCOCC1. The molecule has 5 rings (SSSR count). The number of rotatable bonds is 10. The Hall–Kier alpha value is -3.26. The number of benzene rings is 2. The average molecular weight is 572 g/mol. The lowest BCUT2D eigenvalue weighted by Gasteiger charge is -2.37. The molecule has 0 radical (unpaired) electrons. The topological polar surface area (TPSA) is 74.9 Å². The number of pyridine rings is 1. The molecule has 0 spiro atoms. The number of hydrogen-bond acceptors (Lipinski definition) is 6. The molecule has 3 heterocycles. The number of Topliss-reactive ketones (excluding diaryl/α,β-unsaturated/α-hetero) is 1. The summed E-state index contributed by atoms with van der Waals surface area (Å²) in [5.74, 6) is 0.0712. The van der Waals surface area contributed by atoms with Crippen LogP contribution in [0.25, 0.3) is 11.1 Å². The fourth-order valence-corrected chi connectivity index (χ4v) is 6.46. The standard InChI is InChI=1S/C35H45N3O4/c1-5-38(30-12-16-41-17-13-30)33-22-29(28-8-6-27(7-9-28)23-37-14-18-42-19-15-37)21-32(26(33)4)34(39)11-10-31-24(2)20-25(3)36-35(31)40/h6-9,20-22,30H,5,10-19,23H2,1-4H3,(H,36,40). The van der Waals surface area contributed by atoms with Gasteiger partial charge in [-0.3, -0.25) is 14.5 Å². The molecule has 3 aromatic rings. The van der Waals surface area contributed by atoms with Crippen LogP contribution in [0.4, 0.5) is 5.69 Å². The summed E-state index contributed by atoms with van der Waals surface area (Å²) >= 11 is 0. The van der Waals surface area contributed by atoms with Gasteiger partial charge in [0.15, 0.2) is 5.78 Å². The third kappa shape index (κ3) is 7.02. The number of H-pyrrole nitrogens is 1. The van der Waals surface area contributed by atoms with E-state index in [2.05, 4.69) is 65.0 Å². The van der Waals surface area contributed by atoms with E-state index < -0.39 is 0 Å². The molecule has 2 aromatic carbocycles. The number of ketones is 1. The lowest BCUT2D eigenvalue weighted by Crippen LogP contribution is -2.40. The summed E-state index contributed by atoms with van der Waals surface area (Å²) in [4.78, 5) is 34.3. The van der Waals surface area contributed by atoms with Crippen molar-refractivity contribution in [3.8, 4) is 11.1 Å². The van der Waals surface area contributed by atoms with Crippen LogP contribution in [0, 0.1) is 20.8 Å². The zero-order chi connectivity index (χ0) is 29.6. The minimum atomic E-state index is -0.0969. The molecule has 7 heteroatoms. The van der Waals surface area contributed by atoms with Crippen LogP contribution in [-0.2, 0) is 22.4 Å². The van der Waals surface area contributed by atoms with Gasteiger partial charge in [0.05, 0.1) is 13.2 Å². The Bertz CT molecular complexity index is 1430. The highest BCUT2D eigenvalue weighted by atomic mass is 16.5. The smallest absolute Gasteiger partial charge is 0.251 e. The van der Waals surface area contributed by atoms with E-state index in [9.17, 15) is 9.59 Å². The third-order valence-electron chi connectivity index (χ3n) is 8.86. The molecule has 2 saturated heterocycles. The Labute approximate surface area is 249 Å².